The number of hydrogen-bond donors (Lipinski definition) is 2. The molecule has 1 fully saturated rings. The molecule has 1 aliphatic carbocycles. The molecule has 0 spiro atoms. The first-order chi connectivity index (χ1) is 16.8. The molecule has 35 heavy (non-hydrogen) atoms. The molecular weight excluding hydrogens is 461 g/mol. The number of aliphatic hydroxyl groups is 1. The summed E-state index contributed by atoms with van der Waals surface area (Å²) in [6.07, 6.45) is 0.741. The number of fused-ring (bicyclic) bond motifs is 1. The molecule has 7 nitrogen and oxygen atoms in total. The highest BCUT2D eigenvalue weighted by molar-refractivity contribution is 5.82. The second kappa shape index (κ2) is 11.0. The van der Waals surface area contributed by atoms with Gasteiger partial charge in [0.2, 0.25) is 0 Å². The summed E-state index contributed by atoms with van der Waals surface area (Å²) in [7, 11) is 0. The molecule has 2 aromatic heterocycles. The smallest absolute Gasteiger partial charge is 0.389 e. The normalized spacial score (nSPS) is 15.1. The van der Waals surface area contributed by atoms with Crippen molar-refractivity contribution in [1.82, 2.24) is 14.7 Å². The van der Waals surface area contributed by atoms with E-state index in [0.717, 1.165) is 29.7 Å². The lowest BCUT2D eigenvalue weighted by Crippen LogP contribution is -2.31. The average Bonchev–Trinajstić information content (AvgIpc) is 3.56. The summed E-state index contributed by atoms with van der Waals surface area (Å²) >= 11 is 0. The molecule has 3 aromatic rings. The highest BCUT2D eigenvalue weighted by Crippen LogP contribution is 2.24. The number of aromatic nitrogens is 2. The van der Waals surface area contributed by atoms with Crippen LogP contribution in [0.1, 0.15) is 36.8 Å². The zero-order valence-corrected chi connectivity index (χ0v) is 19.0. The largest absolute Gasteiger partial charge is 0.393 e. The molecular formula is C25H27F3N4O3. The van der Waals surface area contributed by atoms with Gasteiger partial charge in [-0.25, -0.2) is 4.98 Å². The van der Waals surface area contributed by atoms with E-state index in [2.05, 4.69) is 15.5 Å². The lowest BCUT2D eigenvalue weighted by Gasteiger charge is -2.09. The molecule has 0 radical (unpaired) electrons. The molecule has 1 aliphatic rings. The average molecular weight is 489 g/mol. The SMILES string of the molecule is O=C(CCC(F)(F)F)Cc1cccc(-c2cnc3cc(C=NOCC(O)CNC4CC4)ccn23)c1. The highest BCUT2D eigenvalue weighted by Gasteiger charge is 2.27. The Kier molecular flexibility index (Phi) is 7.82. The van der Waals surface area contributed by atoms with Crippen LogP contribution in [-0.2, 0) is 16.1 Å². The first-order valence-electron chi connectivity index (χ1n) is 11.5. The molecule has 0 amide bonds. The van der Waals surface area contributed by atoms with Crippen LogP contribution in [0.5, 0.6) is 0 Å². The number of rotatable bonds is 12. The van der Waals surface area contributed by atoms with Gasteiger partial charge in [0.1, 0.15) is 24.1 Å². The second-order valence-electron chi connectivity index (χ2n) is 8.73. The number of nitrogens with zero attached hydrogens (tertiary/aromatic N) is 3. The molecule has 0 aliphatic heterocycles. The Labute approximate surface area is 200 Å². The number of nitrogens with one attached hydrogen (secondary N) is 1. The Balaban J connectivity index is 1.36. The van der Waals surface area contributed by atoms with Crippen molar-refractivity contribution in [3.05, 3.63) is 59.9 Å². The van der Waals surface area contributed by atoms with Gasteiger partial charge in [-0.2, -0.15) is 13.2 Å². The van der Waals surface area contributed by atoms with Crippen LogP contribution in [-0.4, -0.2) is 58.0 Å². The van der Waals surface area contributed by atoms with Crippen LogP contribution >= 0.6 is 0 Å². The van der Waals surface area contributed by atoms with Gasteiger partial charge in [0.15, 0.2) is 0 Å². The van der Waals surface area contributed by atoms with Crippen molar-refractivity contribution >= 4 is 17.6 Å². The first kappa shape index (κ1) is 24.9. The zero-order valence-electron chi connectivity index (χ0n) is 19.0. The molecule has 2 N–H and O–H groups in total. The number of alkyl halides is 3. The number of hydrogen-bond acceptors (Lipinski definition) is 6. The lowest BCUT2D eigenvalue weighted by molar-refractivity contribution is -0.143. The van der Waals surface area contributed by atoms with Gasteiger partial charge < -0.3 is 15.3 Å². The third-order valence-electron chi connectivity index (χ3n) is 5.61. The Morgan fingerprint density at radius 3 is 2.91 bits per heavy atom. The van der Waals surface area contributed by atoms with Gasteiger partial charge in [-0.1, -0.05) is 23.4 Å². The van der Waals surface area contributed by atoms with Crippen molar-refractivity contribution in [2.24, 2.45) is 5.16 Å². The Hall–Kier alpha value is -3.24. The summed E-state index contributed by atoms with van der Waals surface area (Å²) in [6.45, 7) is 0.576. The van der Waals surface area contributed by atoms with Crippen molar-refractivity contribution in [1.29, 1.82) is 0 Å². The molecule has 1 aromatic carbocycles. The molecule has 186 valence electrons. The molecule has 0 saturated heterocycles. The van der Waals surface area contributed by atoms with Crippen LogP contribution in [0.25, 0.3) is 16.9 Å². The summed E-state index contributed by atoms with van der Waals surface area (Å²) < 4.78 is 39.0. The van der Waals surface area contributed by atoms with Gasteiger partial charge in [-0.3, -0.25) is 9.20 Å². The van der Waals surface area contributed by atoms with Crippen LogP contribution in [0, 0.1) is 0 Å². The number of carbonyl (C=O) groups excluding carboxylic acids is 1. The van der Waals surface area contributed by atoms with E-state index in [1.165, 1.54) is 0 Å². The van der Waals surface area contributed by atoms with Crippen LogP contribution in [0.3, 0.4) is 0 Å². The van der Waals surface area contributed by atoms with Gasteiger partial charge in [-0.15, -0.1) is 0 Å². The van der Waals surface area contributed by atoms with E-state index < -0.39 is 30.9 Å². The lowest BCUT2D eigenvalue weighted by atomic mass is 10.0. The van der Waals surface area contributed by atoms with Crippen molar-refractivity contribution < 1.29 is 27.9 Å². The number of halogens is 3. The molecule has 0 bridgehead atoms. The zero-order chi connectivity index (χ0) is 24.8. The monoisotopic (exact) mass is 488 g/mol. The van der Waals surface area contributed by atoms with E-state index in [1.54, 1.807) is 30.6 Å². The standard InChI is InChI=1S/C25H27F3N4O3/c26-25(27,28)8-6-21(33)11-17-2-1-3-19(10-17)23-15-30-24-12-18(7-9-32(23)24)13-31-35-16-22(34)14-29-20-4-5-20/h1-3,7,9-10,12-13,15,20,22,29,34H,4-6,8,11,14,16H2. The van der Waals surface area contributed by atoms with E-state index in [0.29, 0.717) is 23.8 Å². The Morgan fingerprint density at radius 2 is 2.14 bits per heavy atom. The molecule has 1 saturated carbocycles. The Bertz CT molecular complexity index is 1190. The molecule has 2 heterocycles. The van der Waals surface area contributed by atoms with Crippen LogP contribution in [0.2, 0.25) is 0 Å². The number of imidazole rings is 1. The van der Waals surface area contributed by atoms with E-state index in [9.17, 15) is 23.1 Å². The molecule has 10 heteroatoms. The van der Waals surface area contributed by atoms with Gasteiger partial charge in [0.05, 0.1) is 24.5 Å². The third kappa shape index (κ3) is 7.63. The number of pyridine rings is 1. The topological polar surface area (TPSA) is 88.2 Å². The number of oxime groups is 1. The van der Waals surface area contributed by atoms with Crippen molar-refractivity contribution in [3.8, 4) is 11.3 Å². The first-order valence-corrected chi connectivity index (χ1v) is 11.5. The quantitative estimate of drug-likeness (QED) is 0.298. The summed E-state index contributed by atoms with van der Waals surface area (Å²) in [4.78, 5) is 21.6. The fourth-order valence-corrected chi connectivity index (χ4v) is 3.60. The van der Waals surface area contributed by atoms with Gasteiger partial charge in [0, 0.05) is 42.8 Å². The molecule has 1 unspecified atom stereocenters. The number of benzene rings is 1. The molecule has 1 atom stereocenters. The maximum Gasteiger partial charge on any atom is 0.389 e. The molecule has 4 rings (SSSR count). The minimum atomic E-state index is -4.34. The summed E-state index contributed by atoms with van der Waals surface area (Å²) in [5, 5.41) is 17.0. The van der Waals surface area contributed by atoms with Crippen LogP contribution in [0.15, 0.2) is 53.9 Å². The van der Waals surface area contributed by atoms with E-state index in [1.807, 2.05) is 28.8 Å². The number of Topliss-reactive ketones (excluding diaryl/α,β-unsaturated/α-hetero) is 1. The van der Waals surface area contributed by atoms with Crippen LogP contribution in [0.4, 0.5) is 13.2 Å². The minimum absolute atomic E-state index is 0.0490. The van der Waals surface area contributed by atoms with Gasteiger partial charge >= 0.3 is 6.18 Å². The van der Waals surface area contributed by atoms with Gasteiger partial charge in [0.25, 0.3) is 0 Å². The highest BCUT2D eigenvalue weighted by atomic mass is 19.4. The summed E-state index contributed by atoms with van der Waals surface area (Å²) in [5.74, 6) is -0.449. The fourth-order valence-electron chi connectivity index (χ4n) is 3.60. The van der Waals surface area contributed by atoms with Gasteiger partial charge in [-0.05, 0) is 36.6 Å². The second-order valence-corrected chi connectivity index (χ2v) is 8.73. The predicted molar refractivity (Wildman–Crippen MR) is 125 cm³/mol. The number of aliphatic hydroxyl groups excluding tert-OH is 1. The number of carbonyl (C=O) groups is 1. The Morgan fingerprint density at radius 1 is 1.31 bits per heavy atom. The van der Waals surface area contributed by atoms with E-state index >= 15 is 0 Å². The summed E-state index contributed by atoms with van der Waals surface area (Å²) in [6, 6.07) is 11.3. The fraction of sp³-hybridized carbons (Fsp3) is 0.400. The predicted octanol–water partition coefficient (Wildman–Crippen LogP) is 3.92. The van der Waals surface area contributed by atoms with Crippen molar-refractivity contribution in [2.45, 2.75) is 50.4 Å². The third-order valence-corrected chi connectivity index (χ3v) is 5.61. The maximum atomic E-state index is 12.4. The van der Waals surface area contributed by atoms with Crippen LogP contribution < -0.4 is 5.32 Å². The van der Waals surface area contributed by atoms with E-state index in [4.69, 9.17) is 4.84 Å². The maximum absolute atomic E-state index is 12.4. The minimum Gasteiger partial charge on any atom is -0.393 e. The van der Waals surface area contributed by atoms with Crippen molar-refractivity contribution in [3.63, 3.8) is 0 Å². The van der Waals surface area contributed by atoms with E-state index in [-0.39, 0.29) is 13.0 Å². The summed E-state index contributed by atoms with van der Waals surface area (Å²) in [5.41, 5.74) is 3.68. The van der Waals surface area contributed by atoms with Crippen molar-refractivity contribution in [2.75, 3.05) is 13.2 Å². The number of ketones is 1.